The first kappa shape index (κ1) is 14.2. The lowest BCUT2D eigenvalue weighted by Crippen LogP contribution is -2.06. The standard InChI is InChI=1S/C16H16N4O2/c1-11-4-2-3-5-13(11)15-19-16(22-20-15)12-6-7-14(18-10-12)17-8-9-21/h2-7,10,21H,8-9H2,1H3,(H,17,18). The second-order valence-electron chi connectivity index (χ2n) is 4.82. The van der Waals surface area contributed by atoms with Gasteiger partial charge in [0.05, 0.1) is 12.2 Å². The summed E-state index contributed by atoms with van der Waals surface area (Å²) in [5.74, 6) is 1.69. The molecule has 0 spiro atoms. The topological polar surface area (TPSA) is 84.1 Å². The minimum absolute atomic E-state index is 0.0624. The monoisotopic (exact) mass is 296 g/mol. The van der Waals surface area contributed by atoms with Crippen LogP contribution in [0, 0.1) is 6.92 Å². The molecule has 0 fully saturated rings. The van der Waals surface area contributed by atoms with Crippen molar-refractivity contribution in [1.82, 2.24) is 15.1 Å². The van der Waals surface area contributed by atoms with E-state index in [0.29, 0.717) is 24.1 Å². The average molecular weight is 296 g/mol. The third-order valence-corrected chi connectivity index (χ3v) is 3.24. The molecule has 0 aliphatic rings. The van der Waals surface area contributed by atoms with Gasteiger partial charge in [-0.3, -0.25) is 0 Å². The second-order valence-corrected chi connectivity index (χ2v) is 4.82. The number of nitrogens with one attached hydrogen (secondary N) is 1. The summed E-state index contributed by atoms with van der Waals surface area (Å²) < 4.78 is 5.32. The van der Waals surface area contributed by atoms with Crippen LogP contribution in [0.5, 0.6) is 0 Å². The summed E-state index contributed by atoms with van der Waals surface area (Å²) in [7, 11) is 0. The molecule has 6 nitrogen and oxygen atoms in total. The lowest BCUT2D eigenvalue weighted by molar-refractivity contribution is 0.311. The molecule has 1 aromatic carbocycles. The van der Waals surface area contributed by atoms with Crippen molar-refractivity contribution in [2.75, 3.05) is 18.5 Å². The van der Waals surface area contributed by atoms with Crippen LogP contribution in [0.25, 0.3) is 22.8 Å². The maximum atomic E-state index is 8.77. The fourth-order valence-electron chi connectivity index (χ4n) is 2.08. The van der Waals surface area contributed by atoms with Gasteiger partial charge in [-0.05, 0) is 24.6 Å². The summed E-state index contributed by atoms with van der Waals surface area (Å²) >= 11 is 0. The Labute approximate surface area is 127 Å². The highest BCUT2D eigenvalue weighted by Crippen LogP contribution is 2.24. The Morgan fingerprint density at radius 1 is 1.18 bits per heavy atom. The SMILES string of the molecule is Cc1ccccc1-c1noc(-c2ccc(NCCO)nc2)n1. The fourth-order valence-corrected chi connectivity index (χ4v) is 2.08. The number of nitrogens with zero attached hydrogens (tertiary/aromatic N) is 3. The number of hydrogen-bond acceptors (Lipinski definition) is 6. The third-order valence-electron chi connectivity index (χ3n) is 3.24. The molecule has 0 saturated carbocycles. The number of aromatic nitrogens is 3. The van der Waals surface area contributed by atoms with Gasteiger partial charge in [-0.1, -0.05) is 29.4 Å². The highest BCUT2D eigenvalue weighted by molar-refractivity contribution is 5.62. The number of pyridine rings is 1. The van der Waals surface area contributed by atoms with Gasteiger partial charge in [0.1, 0.15) is 5.82 Å². The molecular weight excluding hydrogens is 280 g/mol. The van der Waals surface area contributed by atoms with E-state index in [4.69, 9.17) is 9.63 Å². The summed E-state index contributed by atoms with van der Waals surface area (Å²) in [6, 6.07) is 11.5. The molecule has 0 radical (unpaired) electrons. The number of benzene rings is 1. The molecule has 0 amide bonds. The third kappa shape index (κ3) is 2.96. The molecule has 112 valence electrons. The molecule has 0 bridgehead atoms. The van der Waals surface area contributed by atoms with Gasteiger partial charge in [0.2, 0.25) is 5.82 Å². The quantitative estimate of drug-likeness (QED) is 0.752. The number of aryl methyl sites for hydroxylation is 1. The van der Waals surface area contributed by atoms with Gasteiger partial charge in [0, 0.05) is 18.3 Å². The van der Waals surface area contributed by atoms with Crippen LogP contribution >= 0.6 is 0 Å². The maximum absolute atomic E-state index is 8.77. The van der Waals surface area contributed by atoms with E-state index in [9.17, 15) is 0 Å². The zero-order valence-electron chi connectivity index (χ0n) is 12.2. The van der Waals surface area contributed by atoms with Crippen molar-refractivity contribution in [3.63, 3.8) is 0 Å². The van der Waals surface area contributed by atoms with Crippen molar-refractivity contribution in [3.05, 3.63) is 48.2 Å². The van der Waals surface area contributed by atoms with Crippen LogP contribution in [-0.2, 0) is 0 Å². The Morgan fingerprint density at radius 2 is 2.05 bits per heavy atom. The number of aliphatic hydroxyl groups excluding tert-OH is 1. The highest BCUT2D eigenvalue weighted by Gasteiger charge is 2.12. The zero-order valence-corrected chi connectivity index (χ0v) is 12.2. The zero-order chi connectivity index (χ0) is 15.4. The lowest BCUT2D eigenvalue weighted by Gasteiger charge is -2.02. The first-order valence-electron chi connectivity index (χ1n) is 6.99. The van der Waals surface area contributed by atoms with Crippen LogP contribution in [0.4, 0.5) is 5.82 Å². The summed E-state index contributed by atoms with van der Waals surface area (Å²) in [5, 5.41) is 15.8. The van der Waals surface area contributed by atoms with E-state index in [2.05, 4.69) is 20.4 Å². The van der Waals surface area contributed by atoms with Crippen molar-refractivity contribution in [3.8, 4) is 22.8 Å². The molecule has 0 unspecified atom stereocenters. The number of rotatable bonds is 5. The minimum atomic E-state index is 0.0624. The Bertz CT molecular complexity index is 753. The molecule has 0 atom stereocenters. The van der Waals surface area contributed by atoms with Crippen LogP contribution < -0.4 is 5.32 Å². The summed E-state index contributed by atoms with van der Waals surface area (Å²) in [6.07, 6.45) is 1.66. The summed E-state index contributed by atoms with van der Waals surface area (Å²) in [6.45, 7) is 2.53. The van der Waals surface area contributed by atoms with E-state index < -0.39 is 0 Å². The van der Waals surface area contributed by atoms with Crippen LogP contribution in [0.1, 0.15) is 5.56 Å². The molecule has 22 heavy (non-hydrogen) atoms. The van der Waals surface area contributed by atoms with Gasteiger partial charge in [0.15, 0.2) is 0 Å². The molecule has 6 heteroatoms. The molecule has 2 N–H and O–H groups in total. The minimum Gasteiger partial charge on any atom is -0.395 e. The molecule has 0 aliphatic heterocycles. The van der Waals surface area contributed by atoms with Crippen molar-refractivity contribution in [2.24, 2.45) is 0 Å². The van der Waals surface area contributed by atoms with E-state index >= 15 is 0 Å². The summed E-state index contributed by atoms with van der Waals surface area (Å²) in [4.78, 5) is 8.67. The van der Waals surface area contributed by atoms with E-state index in [0.717, 1.165) is 16.7 Å². The Hall–Kier alpha value is -2.73. The highest BCUT2D eigenvalue weighted by atomic mass is 16.5. The second kappa shape index (κ2) is 6.36. The van der Waals surface area contributed by atoms with Gasteiger partial charge in [-0.25, -0.2) is 4.98 Å². The Kier molecular flexibility index (Phi) is 4.11. The molecular formula is C16H16N4O2. The molecule has 2 aromatic heterocycles. The Balaban J connectivity index is 1.83. The lowest BCUT2D eigenvalue weighted by atomic mass is 10.1. The van der Waals surface area contributed by atoms with Gasteiger partial charge >= 0.3 is 0 Å². The van der Waals surface area contributed by atoms with E-state index in [1.807, 2.05) is 43.3 Å². The van der Waals surface area contributed by atoms with E-state index in [-0.39, 0.29) is 6.61 Å². The normalized spacial score (nSPS) is 10.6. The molecule has 0 aliphatic carbocycles. The van der Waals surface area contributed by atoms with Gasteiger partial charge < -0.3 is 14.9 Å². The largest absolute Gasteiger partial charge is 0.395 e. The van der Waals surface area contributed by atoms with Gasteiger partial charge in [-0.15, -0.1) is 0 Å². The molecule has 0 saturated heterocycles. The van der Waals surface area contributed by atoms with Crippen molar-refractivity contribution < 1.29 is 9.63 Å². The molecule has 2 heterocycles. The van der Waals surface area contributed by atoms with Crippen LogP contribution in [0.15, 0.2) is 47.1 Å². The molecule has 3 aromatic rings. The van der Waals surface area contributed by atoms with Crippen molar-refractivity contribution >= 4 is 5.82 Å². The van der Waals surface area contributed by atoms with Crippen LogP contribution in [0.2, 0.25) is 0 Å². The average Bonchev–Trinajstić information content (AvgIpc) is 3.03. The number of hydrogen-bond donors (Lipinski definition) is 2. The van der Waals surface area contributed by atoms with Gasteiger partial charge in [-0.2, -0.15) is 4.98 Å². The first-order valence-corrected chi connectivity index (χ1v) is 6.99. The maximum Gasteiger partial charge on any atom is 0.259 e. The van der Waals surface area contributed by atoms with Crippen molar-refractivity contribution in [1.29, 1.82) is 0 Å². The predicted molar refractivity (Wildman–Crippen MR) is 83.3 cm³/mol. The van der Waals surface area contributed by atoms with Gasteiger partial charge in [0.25, 0.3) is 5.89 Å². The number of anilines is 1. The smallest absolute Gasteiger partial charge is 0.259 e. The molecule has 3 rings (SSSR count). The van der Waals surface area contributed by atoms with E-state index in [1.165, 1.54) is 0 Å². The number of aliphatic hydroxyl groups is 1. The Morgan fingerprint density at radius 3 is 2.77 bits per heavy atom. The van der Waals surface area contributed by atoms with Crippen molar-refractivity contribution in [2.45, 2.75) is 6.92 Å². The predicted octanol–water partition coefficient (Wildman–Crippen LogP) is 2.51. The summed E-state index contributed by atoms with van der Waals surface area (Å²) in [5.41, 5.74) is 2.80. The first-order chi connectivity index (χ1) is 10.8. The van der Waals surface area contributed by atoms with Crippen LogP contribution in [0.3, 0.4) is 0 Å². The van der Waals surface area contributed by atoms with E-state index in [1.54, 1.807) is 6.20 Å². The van der Waals surface area contributed by atoms with Crippen LogP contribution in [-0.4, -0.2) is 33.4 Å². The fraction of sp³-hybridized carbons (Fsp3) is 0.188.